The SMILES string of the molecule is Cc1ccc(-n2cc(C(=O)N3CCNCC3)c(C(C)(C)C)n2)cc1. The molecule has 2 heterocycles. The summed E-state index contributed by atoms with van der Waals surface area (Å²) in [5.41, 5.74) is 3.57. The van der Waals surface area contributed by atoms with Crippen molar-refractivity contribution in [1.29, 1.82) is 0 Å². The van der Waals surface area contributed by atoms with Gasteiger partial charge in [0, 0.05) is 37.8 Å². The summed E-state index contributed by atoms with van der Waals surface area (Å²) in [6, 6.07) is 8.19. The zero-order chi connectivity index (χ0) is 17.3. The van der Waals surface area contributed by atoms with E-state index >= 15 is 0 Å². The van der Waals surface area contributed by atoms with E-state index in [1.807, 2.05) is 27.9 Å². The lowest BCUT2D eigenvalue weighted by molar-refractivity contribution is 0.0733. The molecule has 1 N–H and O–H groups in total. The molecule has 0 radical (unpaired) electrons. The molecule has 0 saturated carbocycles. The molecule has 128 valence electrons. The quantitative estimate of drug-likeness (QED) is 0.922. The molecule has 1 aromatic heterocycles. The van der Waals surface area contributed by atoms with E-state index in [4.69, 9.17) is 5.10 Å². The molecule has 0 unspecified atom stereocenters. The lowest BCUT2D eigenvalue weighted by Crippen LogP contribution is -2.46. The van der Waals surface area contributed by atoms with Gasteiger partial charge in [0.15, 0.2) is 0 Å². The van der Waals surface area contributed by atoms with Gasteiger partial charge < -0.3 is 10.2 Å². The highest BCUT2D eigenvalue weighted by Crippen LogP contribution is 2.27. The number of rotatable bonds is 2. The van der Waals surface area contributed by atoms with Gasteiger partial charge in [-0.15, -0.1) is 0 Å². The van der Waals surface area contributed by atoms with Crippen molar-refractivity contribution in [1.82, 2.24) is 20.0 Å². The van der Waals surface area contributed by atoms with Gasteiger partial charge in [-0.05, 0) is 19.1 Å². The van der Waals surface area contributed by atoms with Gasteiger partial charge in [0.05, 0.1) is 16.9 Å². The highest BCUT2D eigenvalue weighted by molar-refractivity contribution is 5.95. The first kappa shape index (κ1) is 16.7. The Labute approximate surface area is 143 Å². The Morgan fingerprint density at radius 3 is 2.33 bits per heavy atom. The summed E-state index contributed by atoms with van der Waals surface area (Å²) >= 11 is 0. The number of carbonyl (C=O) groups excluding carboxylic acids is 1. The summed E-state index contributed by atoms with van der Waals surface area (Å²) in [4.78, 5) is 14.9. The van der Waals surface area contributed by atoms with Crippen LogP contribution in [0.15, 0.2) is 30.5 Å². The van der Waals surface area contributed by atoms with Gasteiger partial charge in [-0.2, -0.15) is 5.10 Å². The van der Waals surface area contributed by atoms with E-state index in [9.17, 15) is 4.79 Å². The lowest BCUT2D eigenvalue weighted by Gasteiger charge is -2.28. The number of aryl methyl sites for hydroxylation is 1. The van der Waals surface area contributed by atoms with Crippen molar-refractivity contribution in [3.8, 4) is 5.69 Å². The second-order valence-corrected chi connectivity index (χ2v) is 7.46. The van der Waals surface area contributed by atoms with Crippen LogP contribution in [0.4, 0.5) is 0 Å². The van der Waals surface area contributed by atoms with E-state index in [-0.39, 0.29) is 11.3 Å². The first-order chi connectivity index (χ1) is 11.4. The van der Waals surface area contributed by atoms with Crippen molar-refractivity contribution >= 4 is 5.91 Å². The molecule has 1 aliphatic heterocycles. The van der Waals surface area contributed by atoms with Crippen LogP contribution in [0.5, 0.6) is 0 Å². The maximum atomic E-state index is 13.0. The standard InChI is InChI=1S/C19H26N4O/c1-14-5-7-15(8-6-14)23-13-16(17(21-23)19(2,3)4)18(24)22-11-9-20-10-12-22/h5-8,13,20H,9-12H2,1-4H3. The van der Waals surface area contributed by atoms with Gasteiger partial charge >= 0.3 is 0 Å². The van der Waals surface area contributed by atoms with Crippen molar-refractivity contribution in [3.05, 3.63) is 47.3 Å². The van der Waals surface area contributed by atoms with Crippen molar-refractivity contribution < 1.29 is 4.79 Å². The molecular formula is C19H26N4O. The van der Waals surface area contributed by atoms with Gasteiger partial charge in [0.1, 0.15) is 0 Å². The van der Waals surface area contributed by atoms with Crippen LogP contribution in [0.25, 0.3) is 5.69 Å². The topological polar surface area (TPSA) is 50.2 Å². The monoisotopic (exact) mass is 326 g/mol. The van der Waals surface area contributed by atoms with Crippen LogP contribution in [0.2, 0.25) is 0 Å². The number of hydrogen-bond acceptors (Lipinski definition) is 3. The molecule has 2 aromatic rings. The third kappa shape index (κ3) is 3.36. The third-order valence-electron chi connectivity index (χ3n) is 4.36. The molecule has 5 nitrogen and oxygen atoms in total. The van der Waals surface area contributed by atoms with E-state index in [0.29, 0.717) is 5.56 Å². The van der Waals surface area contributed by atoms with Gasteiger partial charge in [0.2, 0.25) is 0 Å². The molecule has 0 bridgehead atoms. The van der Waals surface area contributed by atoms with Crippen LogP contribution in [0.3, 0.4) is 0 Å². The largest absolute Gasteiger partial charge is 0.336 e. The molecule has 1 aliphatic rings. The average Bonchev–Trinajstić information content (AvgIpc) is 3.01. The first-order valence-electron chi connectivity index (χ1n) is 8.53. The Hall–Kier alpha value is -2.14. The predicted octanol–water partition coefficient (Wildman–Crippen LogP) is 2.52. The number of nitrogens with one attached hydrogen (secondary N) is 1. The first-order valence-corrected chi connectivity index (χ1v) is 8.53. The number of carbonyl (C=O) groups is 1. The number of hydrogen-bond donors (Lipinski definition) is 1. The van der Waals surface area contributed by atoms with Crippen LogP contribution in [-0.4, -0.2) is 46.8 Å². The van der Waals surface area contributed by atoms with Crippen molar-refractivity contribution in [2.75, 3.05) is 26.2 Å². The van der Waals surface area contributed by atoms with E-state index in [1.54, 1.807) is 0 Å². The normalized spacial score (nSPS) is 15.6. The van der Waals surface area contributed by atoms with Gasteiger partial charge in [-0.1, -0.05) is 38.5 Å². The molecule has 0 aliphatic carbocycles. The highest BCUT2D eigenvalue weighted by Gasteiger charge is 2.29. The average molecular weight is 326 g/mol. The van der Waals surface area contributed by atoms with Crippen molar-refractivity contribution in [2.24, 2.45) is 0 Å². The maximum Gasteiger partial charge on any atom is 0.257 e. The number of nitrogens with zero attached hydrogens (tertiary/aromatic N) is 3. The zero-order valence-corrected chi connectivity index (χ0v) is 15.0. The van der Waals surface area contributed by atoms with E-state index in [2.05, 4.69) is 45.1 Å². The van der Waals surface area contributed by atoms with Crippen LogP contribution >= 0.6 is 0 Å². The summed E-state index contributed by atoms with van der Waals surface area (Å²) in [6.07, 6.45) is 1.88. The third-order valence-corrected chi connectivity index (χ3v) is 4.36. The van der Waals surface area contributed by atoms with E-state index in [0.717, 1.165) is 37.6 Å². The maximum absolute atomic E-state index is 13.0. The fraction of sp³-hybridized carbons (Fsp3) is 0.474. The minimum atomic E-state index is -0.186. The Bertz CT molecular complexity index is 719. The van der Waals surface area contributed by atoms with Crippen LogP contribution in [0.1, 0.15) is 42.4 Å². The van der Waals surface area contributed by atoms with Gasteiger partial charge in [0.25, 0.3) is 5.91 Å². The van der Waals surface area contributed by atoms with E-state index in [1.165, 1.54) is 5.56 Å². The smallest absolute Gasteiger partial charge is 0.257 e. The van der Waals surface area contributed by atoms with Crippen LogP contribution < -0.4 is 5.32 Å². The predicted molar refractivity (Wildman–Crippen MR) is 95.8 cm³/mol. The number of benzene rings is 1. The molecule has 1 saturated heterocycles. The number of amides is 1. The van der Waals surface area contributed by atoms with Crippen molar-refractivity contribution in [3.63, 3.8) is 0 Å². The second-order valence-electron chi connectivity index (χ2n) is 7.46. The van der Waals surface area contributed by atoms with Gasteiger partial charge in [-0.25, -0.2) is 4.68 Å². The minimum absolute atomic E-state index is 0.0831. The van der Waals surface area contributed by atoms with Gasteiger partial charge in [-0.3, -0.25) is 4.79 Å². The minimum Gasteiger partial charge on any atom is -0.336 e. The molecule has 3 rings (SSSR count). The molecule has 0 spiro atoms. The summed E-state index contributed by atoms with van der Waals surface area (Å²) in [7, 11) is 0. The molecule has 24 heavy (non-hydrogen) atoms. The Kier molecular flexibility index (Phi) is 4.45. The molecule has 0 atom stereocenters. The molecule has 1 amide bonds. The summed E-state index contributed by atoms with van der Waals surface area (Å²) in [5.74, 6) is 0.0831. The summed E-state index contributed by atoms with van der Waals surface area (Å²) in [6.45, 7) is 11.6. The Balaban J connectivity index is 2.00. The Morgan fingerprint density at radius 2 is 1.75 bits per heavy atom. The molecule has 5 heteroatoms. The summed E-state index contributed by atoms with van der Waals surface area (Å²) < 4.78 is 1.83. The second kappa shape index (κ2) is 6.40. The molecular weight excluding hydrogens is 300 g/mol. The summed E-state index contributed by atoms with van der Waals surface area (Å²) in [5, 5.41) is 8.04. The van der Waals surface area contributed by atoms with Crippen LogP contribution in [-0.2, 0) is 5.41 Å². The van der Waals surface area contributed by atoms with Crippen molar-refractivity contribution in [2.45, 2.75) is 33.1 Å². The van der Waals surface area contributed by atoms with Crippen LogP contribution in [0, 0.1) is 6.92 Å². The lowest BCUT2D eigenvalue weighted by atomic mass is 9.89. The Morgan fingerprint density at radius 1 is 1.12 bits per heavy atom. The number of aromatic nitrogens is 2. The molecule has 1 fully saturated rings. The zero-order valence-electron chi connectivity index (χ0n) is 15.0. The fourth-order valence-corrected chi connectivity index (χ4v) is 2.95. The molecule has 1 aromatic carbocycles. The fourth-order valence-electron chi connectivity index (χ4n) is 2.95. The van der Waals surface area contributed by atoms with E-state index < -0.39 is 0 Å². The highest BCUT2D eigenvalue weighted by atomic mass is 16.2. The number of piperazine rings is 1.